The number of aliphatic imine (C=N–C) groups is 1. The fraction of sp³-hybridized carbons (Fsp3) is 0.824. The van der Waals surface area contributed by atoms with Crippen LogP contribution in [0.4, 0.5) is 0 Å². The first kappa shape index (κ1) is 22.4. The molecule has 0 aromatic heterocycles. The summed E-state index contributed by atoms with van der Waals surface area (Å²) in [6, 6.07) is 0. The van der Waals surface area contributed by atoms with E-state index in [0.717, 1.165) is 57.8 Å². The highest BCUT2D eigenvalue weighted by Gasteiger charge is 2.08. The smallest absolute Gasteiger partial charge is 0.323 e. The molecule has 0 aliphatic heterocycles. The Kier molecular flexibility index (Phi) is 12.8. The summed E-state index contributed by atoms with van der Waals surface area (Å²) in [4.78, 5) is 27.1. The number of rotatable bonds is 13. The summed E-state index contributed by atoms with van der Waals surface area (Å²) in [5.41, 5.74) is 5.57. The number of hydrogen-bond donors (Lipinski definition) is 3. The van der Waals surface area contributed by atoms with Gasteiger partial charge in [0.25, 0.3) is 0 Å². The molecule has 0 aliphatic rings. The zero-order valence-electron chi connectivity index (χ0n) is 15.0. The summed E-state index contributed by atoms with van der Waals surface area (Å²) in [6.07, 6.45) is 9.26. The summed E-state index contributed by atoms with van der Waals surface area (Å²) in [7, 11) is 1.49. The zero-order chi connectivity index (χ0) is 18.4. The Hall–Kier alpha value is -1.63. The number of aliphatic hydroxyl groups excluding tert-OH is 1. The highest BCUT2D eigenvalue weighted by atomic mass is 16.4. The maximum atomic E-state index is 11.6. The van der Waals surface area contributed by atoms with Crippen molar-refractivity contribution in [2.24, 2.45) is 10.7 Å². The molecule has 7 heteroatoms. The van der Waals surface area contributed by atoms with Crippen molar-refractivity contribution in [3.05, 3.63) is 0 Å². The van der Waals surface area contributed by atoms with Crippen LogP contribution in [0.5, 0.6) is 0 Å². The van der Waals surface area contributed by atoms with Gasteiger partial charge in [0.2, 0.25) is 5.91 Å². The molecule has 140 valence electrons. The molecule has 0 bridgehead atoms. The van der Waals surface area contributed by atoms with Gasteiger partial charge in [0.05, 0.1) is 6.10 Å². The van der Waals surface area contributed by atoms with Gasteiger partial charge in [0, 0.05) is 13.5 Å². The van der Waals surface area contributed by atoms with Gasteiger partial charge in [-0.2, -0.15) is 4.99 Å². The molecule has 1 amide bonds. The average Bonchev–Trinajstić information content (AvgIpc) is 2.52. The number of unbranched alkanes of at least 4 members (excludes halogenated alkanes) is 6. The highest BCUT2D eigenvalue weighted by molar-refractivity contribution is 5.93. The SMILES string of the molecule is CCC(O)CCCCCCCCCC(=O)N=C(N)N(C)CC(=O)O. The van der Waals surface area contributed by atoms with E-state index in [0.29, 0.717) is 6.42 Å². The molecular weight excluding hydrogens is 310 g/mol. The molecule has 0 saturated carbocycles. The first-order valence-corrected chi connectivity index (χ1v) is 8.84. The van der Waals surface area contributed by atoms with Crippen LogP contribution in [0.25, 0.3) is 0 Å². The molecule has 1 atom stereocenters. The molecule has 1 unspecified atom stereocenters. The van der Waals surface area contributed by atoms with Gasteiger partial charge in [0.15, 0.2) is 5.96 Å². The molecule has 7 nitrogen and oxygen atoms in total. The summed E-state index contributed by atoms with van der Waals surface area (Å²) in [5.74, 6) is -1.39. The van der Waals surface area contributed by atoms with Crippen LogP contribution in [0.2, 0.25) is 0 Å². The van der Waals surface area contributed by atoms with E-state index in [9.17, 15) is 14.7 Å². The second kappa shape index (κ2) is 13.8. The maximum Gasteiger partial charge on any atom is 0.323 e. The molecule has 24 heavy (non-hydrogen) atoms. The van der Waals surface area contributed by atoms with Crippen LogP contribution in [-0.4, -0.2) is 52.6 Å². The van der Waals surface area contributed by atoms with Crippen molar-refractivity contribution in [2.45, 2.75) is 77.2 Å². The first-order chi connectivity index (χ1) is 11.4. The third-order valence-corrected chi connectivity index (χ3v) is 3.90. The van der Waals surface area contributed by atoms with E-state index in [1.165, 1.54) is 11.9 Å². The molecule has 0 aliphatic carbocycles. The number of nitrogens with two attached hydrogens (primary N) is 1. The molecule has 0 spiro atoms. The molecule has 0 heterocycles. The monoisotopic (exact) mass is 343 g/mol. The fourth-order valence-electron chi connectivity index (χ4n) is 2.30. The van der Waals surface area contributed by atoms with Crippen molar-refractivity contribution >= 4 is 17.8 Å². The number of carboxylic acid groups (broad SMARTS) is 1. The van der Waals surface area contributed by atoms with E-state index >= 15 is 0 Å². The van der Waals surface area contributed by atoms with Crippen molar-refractivity contribution in [1.82, 2.24) is 4.90 Å². The minimum absolute atomic E-state index is 0.0586. The van der Waals surface area contributed by atoms with E-state index in [1.54, 1.807) is 0 Å². The number of aliphatic hydroxyl groups is 1. The van der Waals surface area contributed by atoms with Crippen molar-refractivity contribution < 1.29 is 19.8 Å². The summed E-state index contributed by atoms with van der Waals surface area (Å²) < 4.78 is 0. The van der Waals surface area contributed by atoms with Crippen LogP contribution < -0.4 is 5.73 Å². The lowest BCUT2D eigenvalue weighted by Gasteiger charge is -2.14. The number of likely N-dealkylation sites (N-methyl/N-ethyl adjacent to an activating group) is 1. The molecule has 0 radical (unpaired) electrons. The molecule has 0 saturated heterocycles. The summed E-state index contributed by atoms with van der Waals surface area (Å²) >= 11 is 0. The number of aliphatic carboxylic acids is 1. The van der Waals surface area contributed by atoms with Crippen LogP contribution in [0.15, 0.2) is 4.99 Å². The predicted octanol–water partition coefficient (Wildman–Crippen LogP) is 2.13. The van der Waals surface area contributed by atoms with E-state index in [2.05, 4.69) is 4.99 Å². The lowest BCUT2D eigenvalue weighted by Crippen LogP contribution is -2.38. The third kappa shape index (κ3) is 12.9. The van der Waals surface area contributed by atoms with Gasteiger partial charge in [-0.25, -0.2) is 0 Å². The quantitative estimate of drug-likeness (QED) is 0.268. The highest BCUT2D eigenvalue weighted by Crippen LogP contribution is 2.11. The number of hydrogen-bond acceptors (Lipinski definition) is 3. The van der Waals surface area contributed by atoms with E-state index < -0.39 is 5.97 Å². The second-order valence-electron chi connectivity index (χ2n) is 6.19. The molecule has 0 rings (SSSR count). The van der Waals surface area contributed by atoms with Crippen molar-refractivity contribution in [1.29, 1.82) is 0 Å². The third-order valence-electron chi connectivity index (χ3n) is 3.90. The molecule has 0 aromatic rings. The zero-order valence-corrected chi connectivity index (χ0v) is 15.0. The van der Waals surface area contributed by atoms with Crippen molar-refractivity contribution in [3.63, 3.8) is 0 Å². The van der Waals surface area contributed by atoms with E-state index in [1.807, 2.05) is 6.92 Å². The number of carbonyl (C=O) groups excluding carboxylic acids is 1. The Morgan fingerprint density at radius 1 is 1.08 bits per heavy atom. The Morgan fingerprint density at radius 2 is 1.62 bits per heavy atom. The summed E-state index contributed by atoms with van der Waals surface area (Å²) in [6.45, 7) is 1.71. The Morgan fingerprint density at radius 3 is 2.17 bits per heavy atom. The van der Waals surface area contributed by atoms with Crippen LogP contribution in [0.3, 0.4) is 0 Å². The van der Waals surface area contributed by atoms with Gasteiger partial charge in [-0.15, -0.1) is 0 Å². The number of guanidine groups is 1. The Balaban J connectivity index is 3.63. The number of nitrogens with zero attached hydrogens (tertiary/aromatic N) is 2. The first-order valence-electron chi connectivity index (χ1n) is 8.84. The van der Waals surface area contributed by atoms with Crippen LogP contribution >= 0.6 is 0 Å². The maximum absolute atomic E-state index is 11.6. The molecular formula is C17H33N3O4. The molecule has 0 aromatic carbocycles. The van der Waals surface area contributed by atoms with Gasteiger partial charge in [-0.05, 0) is 19.3 Å². The number of amides is 1. The number of carbonyl (C=O) groups is 2. The topological polar surface area (TPSA) is 116 Å². The van der Waals surface area contributed by atoms with Gasteiger partial charge < -0.3 is 20.8 Å². The fourth-order valence-corrected chi connectivity index (χ4v) is 2.30. The van der Waals surface area contributed by atoms with Crippen LogP contribution in [-0.2, 0) is 9.59 Å². The Bertz CT molecular complexity index is 399. The normalized spacial score (nSPS) is 12.9. The van der Waals surface area contributed by atoms with Gasteiger partial charge >= 0.3 is 5.97 Å². The lowest BCUT2D eigenvalue weighted by atomic mass is 10.0. The molecule has 4 N–H and O–H groups in total. The minimum atomic E-state index is -1.02. The van der Waals surface area contributed by atoms with Crippen molar-refractivity contribution in [3.8, 4) is 0 Å². The largest absolute Gasteiger partial charge is 0.480 e. The summed E-state index contributed by atoms with van der Waals surface area (Å²) in [5, 5.41) is 18.1. The van der Waals surface area contributed by atoms with Gasteiger partial charge in [-0.3, -0.25) is 9.59 Å². The lowest BCUT2D eigenvalue weighted by molar-refractivity contribution is -0.137. The predicted molar refractivity (Wildman–Crippen MR) is 94.7 cm³/mol. The average molecular weight is 343 g/mol. The van der Waals surface area contributed by atoms with Crippen LogP contribution in [0.1, 0.15) is 71.1 Å². The second-order valence-corrected chi connectivity index (χ2v) is 6.19. The van der Waals surface area contributed by atoms with Gasteiger partial charge in [0.1, 0.15) is 6.54 Å². The van der Waals surface area contributed by atoms with Crippen molar-refractivity contribution in [2.75, 3.05) is 13.6 Å². The minimum Gasteiger partial charge on any atom is -0.480 e. The number of carboxylic acids is 1. The van der Waals surface area contributed by atoms with E-state index in [-0.39, 0.29) is 24.5 Å². The van der Waals surface area contributed by atoms with Crippen LogP contribution in [0, 0.1) is 0 Å². The standard InChI is InChI=1S/C17H33N3O4/c1-3-14(21)11-9-7-5-4-6-8-10-12-15(22)19-17(18)20(2)13-16(23)24/h14,21H,3-13H2,1-2H3,(H,23,24)(H2,18,19,22). The molecule has 0 fully saturated rings. The van der Waals surface area contributed by atoms with E-state index in [4.69, 9.17) is 10.8 Å². The Labute approximate surface area is 144 Å². The van der Waals surface area contributed by atoms with Gasteiger partial charge in [-0.1, -0.05) is 45.4 Å².